The summed E-state index contributed by atoms with van der Waals surface area (Å²) in [5.74, 6) is 0.218. The first-order valence-electron chi connectivity index (χ1n) is 5.96. The molecule has 2 aromatic carbocycles. The van der Waals surface area contributed by atoms with E-state index < -0.39 is 11.7 Å². The molecule has 106 valence electrons. The van der Waals surface area contributed by atoms with Crippen LogP contribution in [0, 0.1) is 11.3 Å². The summed E-state index contributed by atoms with van der Waals surface area (Å²) in [7, 11) is 0. The van der Waals surface area contributed by atoms with E-state index in [9.17, 15) is 13.2 Å². The molecule has 2 aromatic rings. The third-order valence-corrected chi connectivity index (χ3v) is 2.75. The van der Waals surface area contributed by atoms with Gasteiger partial charge in [-0.2, -0.15) is 18.4 Å². The Balaban J connectivity index is 2.35. The zero-order valence-corrected chi connectivity index (χ0v) is 10.8. The fourth-order valence-corrected chi connectivity index (χ4v) is 1.71. The predicted molar refractivity (Wildman–Crippen MR) is 72.8 cm³/mol. The van der Waals surface area contributed by atoms with Crippen LogP contribution in [0.2, 0.25) is 0 Å². The van der Waals surface area contributed by atoms with E-state index in [1.807, 2.05) is 6.07 Å². The average molecular weight is 289 g/mol. The Morgan fingerprint density at radius 3 is 2.52 bits per heavy atom. The van der Waals surface area contributed by atoms with Crippen molar-refractivity contribution in [3.05, 3.63) is 65.7 Å². The van der Waals surface area contributed by atoms with E-state index >= 15 is 0 Å². The van der Waals surface area contributed by atoms with Gasteiger partial charge in [-0.1, -0.05) is 24.8 Å². The van der Waals surface area contributed by atoms with Gasteiger partial charge >= 0.3 is 6.18 Å². The smallest absolute Gasteiger partial charge is 0.416 e. The lowest BCUT2D eigenvalue weighted by Crippen LogP contribution is -2.04. The minimum absolute atomic E-state index is 0.0210. The van der Waals surface area contributed by atoms with Gasteiger partial charge in [0.2, 0.25) is 0 Å². The van der Waals surface area contributed by atoms with Crippen molar-refractivity contribution >= 4 is 6.08 Å². The zero-order valence-electron chi connectivity index (χ0n) is 10.8. The molecule has 0 spiro atoms. The minimum Gasteiger partial charge on any atom is -0.456 e. The lowest BCUT2D eigenvalue weighted by atomic mass is 10.1. The number of ether oxygens (including phenoxy) is 1. The maximum atomic E-state index is 12.6. The monoisotopic (exact) mass is 289 g/mol. The van der Waals surface area contributed by atoms with E-state index in [0.29, 0.717) is 0 Å². The molecule has 0 amide bonds. The molecule has 0 unspecified atom stereocenters. The molecule has 2 nitrogen and oxygen atoms in total. The van der Waals surface area contributed by atoms with Gasteiger partial charge in [0, 0.05) is 0 Å². The second-order valence-electron chi connectivity index (χ2n) is 4.20. The van der Waals surface area contributed by atoms with Crippen LogP contribution in [0.1, 0.15) is 16.7 Å². The topological polar surface area (TPSA) is 33.0 Å². The summed E-state index contributed by atoms with van der Waals surface area (Å²) >= 11 is 0. The number of benzene rings is 2. The highest BCUT2D eigenvalue weighted by molar-refractivity contribution is 5.56. The molecule has 0 heterocycles. The summed E-state index contributed by atoms with van der Waals surface area (Å²) in [5.41, 5.74) is 0.147. The Kier molecular flexibility index (Phi) is 3.99. The summed E-state index contributed by atoms with van der Waals surface area (Å²) < 4.78 is 43.3. The van der Waals surface area contributed by atoms with E-state index in [2.05, 4.69) is 6.58 Å². The number of hydrogen-bond donors (Lipinski definition) is 0. The molecule has 0 saturated carbocycles. The number of nitriles is 1. The van der Waals surface area contributed by atoms with Crippen molar-refractivity contribution in [3.8, 4) is 17.6 Å². The molecule has 0 aromatic heterocycles. The highest BCUT2D eigenvalue weighted by Gasteiger charge is 2.30. The molecule has 0 aliphatic heterocycles. The maximum Gasteiger partial charge on any atom is 0.416 e. The van der Waals surface area contributed by atoms with Crippen molar-refractivity contribution in [1.29, 1.82) is 5.26 Å². The van der Waals surface area contributed by atoms with Gasteiger partial charge in [0.05, 0.1) is 11.1 Å². The fourth-order valence-electron chi connectivity index (χ4n) is 1.71. The van der Waals surface area contributed by atoms with E-state index in [1.54, 1.807) is 18.2 Å². The molecule has 0 fully saturated rings. The quantitative estimate of drug-likeness (QED) is 0.795. The molecule has 0 aliphatic rings. The van der Waals surface area contributed by atoms with Crippen molar-refractivity contribution in [2.24, 2.45) is 0 Å². The van der Waals surface area contributed by atoms with E-state index in [-0.39, 0.29) is 17.1 Å². The highest BCUT2D eigenvalue weighted by atomic mass is 19.4. The first-order chi connectivity index (χ1) is 9.94. The summed E-state index contributed by atoms with van der Waals surface area (Å²) in [6.07, 6.45) is -2.88. The molecule has 0 radical (unpaired) electrons. The minimum atomic E-state index is -4.44. The van der Waals surface area contributed by atoms with Crippen LogP contribution in [0.3, 0.4) is 0 Å². The molecule has 0 N–H and O–H groups in total. The van der Waals surface area contributed by atoms with E-state index in [0.717, 1.165) is 17.7 Å². The fraction of sp³-hybridized carbons (Fsp3) is 0.0625. The van der Waals surface area contributed by atoms with Crippen LogP contribution in [0.15, 0.2) is 49.0 Å². The highest BCUT2D eigenvalue weighted by Crippen LogP contribution is 2.33. The Morgan fingerprint density at radius 2 is 1.90 bits per heavy atom. The van der Waals surface area contributed by atoms with Crippen LogP contribution in [0.5, 0.6) is 11.5 Å². The Bertz CT molecular complexity index is 714. The Morgan fingerprint density at radius 1 is 1.14 bits per heavy atom. The summed E-state index contributed by atoms with van der Waals surface area (Å²) in [4.78, 5) is 0. The molecule has 0 saturated heterocycles. The largest absolute Gasteiger partial charge is 0.456 e. The molecule has 0 atom stereocenters. The van der Waals surface area contributed by atoms with Gasteiger partial charge in [-0.05, 0) is 35.9 Å². The van der Waals surface area contributed by atoms with Crippen molar-refractivity contribution in [1.82, 2.24) is 0 Å². The van der Waals surface area contributed by atoms with E-state index in [1.165, 1.54) is 18.2 Å². The molecule has 2 rings (SSSR count). The average Bonchev–Trinajstić information content (AvgIpc) is 2.47. The van der Waals surface area contributed by atoms with Gasteiger partial charge in [-0.25, -0.2) is 0 Å². The second-order valence-corrected chi connectivity index (χ2v) is 4.20. The number of halogens is 3. The molecule has 0 bridgehead atoms. The van der Waals surface area contributed by atoms with Crippen LogP contribution >= 0.6 is 0 Å². The summed E-state index contributed by atoms with van der Waals surface area (Å²) in [5, 5.41) is 9.06. The maximum absolute atomic E-state index is 12.6. The molecule has 5 heteroatoms. The number of alkyl halides is 3. The van der Waals surface area contributed by atoms with Gasteiger partial charge in [0.1, 0.15) is 17.6 Å². The lowest BCUT2D eigenvalue weighted by Gasteiger charge is -2.11. The van der Waals surface area contributed by atoms with Crippen LogP contribution in [-0.2, 0) is 6.18 Å². The van der Waals surface area contributed by atoms with Gasteiger partial charge in [-0.15, -0.1) is 0 Å². The Labute approximate surface area is 119 Å². The Hall–Kier alpha value is -2.74. The summed E-state index contributed by atoms with van der Waals surface area (Å²) in [6.45, 7) is 3.58. The molecule has 0 aliphatic carbocycles. The van der Waals surface area contributed by atoms with Gasteiger partial charge in [-0.3, -0.25) is 0 Å². The molecule has 21 heavy (non-hydrogen) atoms. The normalized spacial score (nSPS) is 10.8. The van der Waals surface area contributed by atoms with E-state index in [4.69, 9.17) is 10.00 Å². The van der Waals surface area contributed by atoms with Gasteiger partial charge in [0.25, 0.3) is 0 Å². The van der Waals surface area contributed by atoms with Gasteiger partial charge in [0.15, 0.2) is 0 Å². The number of hydrogen-bond acceptors (Lipinski definition) is 2. The van der Waals surface area contributed by atoms with Crippen LogP contribution in [0.25, 0.3) is 6.08 Å². The molecular formula is C16H10F3NO. The number of rotatable bonds is 3. The van der Waals surface area contributed by atoms with Crippen molar-refractivity contribution < 1.29 is 17.9 Å². The second kappa shape index (κ2) is 5.71. The third-order valence-electron chi connectivity index (χ3n) is 2.75. The SMILES string of the molecule is C=Cc1ccc(Oc2cccc(C(F)(F)F)c2)c(C#N)c1. The van der Waals surface area contributed by atoms with Crippen molar-refractivity contribution in [3.63, 3.8) is 0 Å². The van der Waals surface area contributed by atoms with Gasteiger partial charge < -0.3 is 4.74 Å². The van der Waals surface area contributed by atoms with Crippen LogP contribution in [0.4, 0.5) is 13.2 Å². The first-order valence-corrected chi connectivity index (χ1v) is 5.96. The zero-order chi connectivity index (χ0) is 15.5. The predicted octanol–water partition coefficient (Wildman–Crippen LogP) is 5.01. The summed E-state index contributed by atoms with van der Waals surface area (Å²) in [6, 6.07) is 11.2. The number of nitrogens with zero attached hydrogens (tertiary/aromatic N) is 1. The van der Waals surface area contributed by atoms with Crippen molar-refractivity contribution in [2.75, 3.05) is 0 Å². The first kappa shape index (κ1) is 14.7. The molecular weight excluding hydrogens is 279 g/mol. The van der Waals surface area contributed by atoms with Crippen molar-refractivity contribution in [2.45, 2.75) is 6.18 Å². The van der Waals surface area contributed by atoms with Crippen LogP contribution in [-0.4, -0.2) is 0 Å². The van der Waals surface area contributed by atoms with Crippen LogP contribution < -0.4 is 4.74 Å². The lowest BCUT2D eigenvalue weighted by molar-refractivity contribution is -0.137. The standard InChI is InChI=1S/C16H10F3NO/c1-2-11-6-7-15(12(8-11)10-20)21-14-5-3-4-13(9-14)16(17,18)19/h2-9H,1H2. The third kappa shape index (κ3) is 3.42.